The van der Waals surface area contributed by atoms with E-state index in [0.29, 0.717) is 5.41 Å². The van der Waals surface area contributed by atoms with E-state index in [4.69, 9.17) is 0 Å². The zero-order chi connectivity index (χ0) is 10.7. The third-order valence-electron chi connectivity index (χ3n) is 3.74. The molecule has 15 heavy (non-hydrogen) atoms. The lowest BCUT2D eigenvalue weighted by atomic mass is 9.75. The van der Waals surface area contributed by atoms with Gasteiger partial charge in [-0.05, 0) is 12.8 Å². The summed E-state index contributed by atoms with van der Waals surface area (Å²) in [5.41, 5.74) is 2.02. The SMILES string of the molecule is CCCCC1(CCC)CC=[N+]2C=CC=C21. The van der Waals surface area contributed by atoms with Crippen LogP contribution in [-0.2, 0) is 0 Å². The van der Waals surface area contributed by atoms with Crippen LogP contribution < -0.4 is 0 Å². The first kappa shape index (κ1) is 10.7. The number of allylic oxidation sites excluding steroid dienone is 3. The summed E-state index contributed by atoms with van der Waals surface area (Å²) in [4.78, 5) is 0. The minimum atomic E-state index is 0.467. The summed E-state index contributed by atoms with van der Waals surface area (Å²) >= 11 is 0. The Balaban J connectivity index is 2.15. The van der Waals surface area contributed by atoms with Gasteiger partial charge >= 0.3 is 0 Å². The van der Waals surface area contributed by atoms with Gasteiger partial charge in [0, 0.05) is 18.6 Å². The van der Waals surface area contributed by atoms with Crippen LogP contribution in [-0.4, -0.2) is 10.8 Å². The maximum Gasteiger partial charge on any atom is 0.193 e. The molecule has 0 amide bonds. The largest absolute Gasteiger partial charge is 0.193 e. The van der Waals surface area contributed by atoms with Crippen molar-refractivity contribution in [3.63, 3.8) is 0 Å². The van der Waals surface area contributed by atoms with Crippen molar-refractivity contribution in [2.45, 2.75) is 52.4 Å². The first-order valence-corrected chi connectivity index (χ1v) is 6.33. The molecule has 0 N–H and O–H groups in total. The van der Waals surface area contributed by atoms with Crippen molar-refractivity contribution < 1.29 is 4.58 Å². The number of rotatable bonds is 5. The van der Waals surface area contributed by atoms with Crippen molar-refractivity contribution in [1.29, 1.82) is 0 Å². The van der Waals surface area contributed by atoms with Gasteiger partial charge in [0.15, 0.2) is 18.1 Å². The maximum absolute atomic E-state index is 2.36. The first-order chi connectivity index (χ1) is 7.32. The quantitative estimate of drug-likeness (QED) is 0.598. The van der Waals surface area contributed by atoms with Gasteiger partial charge in [-0.1, -0.05) is 33.1 Å². The molecule has 0 bridgehead atoms. The lowest BCUT2D eigenvalue weighted by molar-refractivity contribution is -0.396. The summed E-state index contributed by atoms with van der Waals surface area (Å²) < 4.78 is 2.34. The summed E-state index contributed by atoms with van der Waals surface area (Å²) in [5, 5.41) is 0. The molecule has 1 nitrogen and oxygen atoms in total. The number of hydrogen-bond donors (Lipinski definition) is 0. The highest BCUT2D eigenvalue weighted by atomic mass is 15.0. The van der Waals surface area contributed by atoms with Crippen LogP contribution in [0.2, 0.25) is 0 Å². The average molecular weight is 204 g/mol. The van der Waals surface area contributed by atoms with Crippen molar-refractivity contribution in [1.82, 2.24) is 0 Å². The average Bonchev–Trinajstić information content (AvgIpc) is 2.80. The molecule has 0 aromatic heterocycles. The molecule has 0 fully saturated rings. The molecule has 0 saturated carbocycles. The zero-order valence-corrected chi connectivity index (χ0v) is 10.00. The Kier molecular flexibility index (Phi) is 3.08. The van der Waals surface area contributed by atoms with Gasteiger partial charge < -0.3 is 0 Å². The van der Waals surface area contributed by atoms with E-state index < -0.39 is 0 Å². The number of fused-ring (bicyclic) bond motifs is 1. The van der Waals surface area contributed by atoms with Gasteiger partial charge in [-0.3, -0.25) is 0 Å². The molecule has 82 valence electrons. The van der Waals surface area contributed by atoms with Gasteiger partial charge in [0.1, 0.15) is 0 Å². The number of unbranched alkanes of at least 4 members (excludes halogenated alkanes) is 1. The predicted octanol–water partition coefficient (Wildman–Crippen LogP) is 3.86. The second-order valence-electron chi connectivity index (χ2n) is 4.82. The third-order valence-corrected chi connectivity index (χ3v) is 3.74. The van der Waals surface area contributed by atoms with E-state index >= 15 is 0 Å². The molecule has 0 aromatic rings. The van der Waals surface area contributed by atoms with E-state index in [0.717, 1.165) is 0 Å². The van der Waals surface area contributed by atoms with Crippen LogP contribution >= 0.6 is 0 Å². The normalized spacial score (nSPS) is 27.9. The Labute approximate surface area is 93.2 Å². The van der Waals surface area contributed by atoms with E-state index in [1.807, 2.05) is 0 Å². The van der Waals surface area contributed by atoms with Gasteiger partial charge in [0.25, 0.3) is 0 Å². The van der Waals surface area contributed by atoms with Gasteiger partial charge in [-0.25, -0.2) is 0 Å². The highest BCUT2D eigenvalue weighted by Crippen LogP contribution is 2.45. The van der Waals surface area contributed by atoms with Gasteiger partial charge in [0.2, 0.25) is 0 Å². The van der Waals surface area contributed by atoms with Crippen LogP contribution in [0.1, 0.15) is 52.4 Å². The van der Waals surface area contributed by atoms with Crippen molar-refractivity contribution >= 4 is 6.21 Å². The Morgan fingerprint density at radius 1 is 1.27 bits per heavy atom. The molecule has 2 aliphatic rings. The number of hydrogen-bond acceptors (Lipinski definition) is 0. The van der Waals surface area contributed by atoms with Crippen LogP contribution in [0.3, 0.4) is 0 Å². The van der Waals surface area contributed by atoms with Gasteiger partial charge in [-0.15, -0.1) is 0 Å². The summed E-state index contributed by atoms with van der Waals surface area (Å²) in [7, 11) is 0. The lowest BCUT2D eigenvalue weighted by Gasteiger charge is -2.25. The van der Waals surface area contributed by atoms with Crippen LogP contribution in [0.4, 0.5) is 0 Å². The molecule has 2 heterocycles. The predicted molar refractivity (Wildman–Crippen MR) is 65.0 cm³/mol. The highest BCUT2D eigenvalue weighted by Gasteiger charge is 2.45. The van der Waals surface area contributed by atoms with Crippen LogP contribution in [0.15, 0.2) is 24.0 Å². The first-order valence-electron chi connectivity index (χ1n) is 6.33. The lowest BCUT2D eigenvalue weighted by Crippen LogP contribution is -2.21. The van der Waals surface area contributed by atoms with E-state index in [9.17, 15) is 0 Å². The van der Waals surface area contributed by atoms with Crippen molar-refractivity contribution in [3.05, 3.63) is 24.0 Å². The van der Waals surface area contributed by atoms with Crippen LogP contribution in [0.5, 0.6) is 0 Å². The van der Waals surface area contributed by atoms with E-state index in [1.54, 1.807) is 5.70 Å². The smallest absolute Gasteiger partial charge is 0.174 e. The molecular weight excluding hydrogens is 182 g/mol. The van der Waals surface area contributed by atoms with Crippen LogP contribution in [0, 0.1) is 5.41 Å². The van der Waals surface area contributed by atoms with E-state index in [1.165, 1.54) is 38.5 Å². The summed E-state index contributed by atoms with van der Waals surface area (Å²) in [5.74, 6) is 0. The molecule has 1 atom stereocenters. The summed E-state index contributed by atoms with van der Waals surface area (Å²) in [6.45, 7) is 4.59. The fraction of sp³-hybridized carbons (Fsp3) is 0.643. The molecule has 1 heteroatoms. The van der Waals surface area contributed by atoms with Gasteiger partial charge in [0.05, 0.1) is 5.41 Å². The fourth-order valence-corrected chi connectivity index (χ4v) is 2.96. The molecule has 0 radical (unpaired) electrons. The minimum absolute atomic E-state index is 0.467. The molecule has 0 spiro atoms. The maximum atomic E-state index is 2.36. The summed E-state index contributed by atoms with van der Waals surface area (Å²) in [6.07, 6.45) is 17.0. The molecule has 0 aromatic carbocycles. The van der Waals surface area contributed by atoms with Crippen molar-refractivity contribution in [2.24, 2.45) is 5.41 Å². The second kappa shape index (κ2) is 4.34. The zero-order valence-electron chi connectivity index (χ0n) is 10.00. The Morgan fingerprint density at radius 3 is 2.87 bits per heavy atom. The van der Waals surface area contributed by atoms with E-state index in [-0.39, 0.29) is 0 Å². The molecule has 0 saturated heterocycles. The van der Waals surface area contributed by atoms with Crippen LogP contribution in [0.25, 0.3) is 0 Å². The topological polar surface area (TPSA) is 3.01 Å². The van der Waals surface area contributed by atoms with Crippen molar-refractivity contribution in [3.8, 4) is 0 Å². The monoisotopic (exact) mass is 204 g/mol. The minimum Gasteiger partial charge on any atom is -0.174 e. The Hall–Kier alpha value is -0.850. The molecule has 1 unspecified atom stereocenters. The molecule has 0 aliphatic carbocycles. The fourth-order valence-electron chi connectivity index (χ4n) is 2.96. The van der Waals surface area contributed by atoms with Crippen molar-refractivity contribution in [2.75, 3.05) is 0 Å². The second-order valence-corrected chi connectivity index (χ2v) is 4.82. The molecular formula is C14H22N+. The van der Waals surface area contributed by atoms with Gasteiger partial charge in [-0.2, -0.15) is 4.58 Å². The number of nitrogens with zero attached hydrogens (tertiary/aromatic N) is 1. The summed E-state index contributed by atoms with van der Waals surface area (Å²) in [6, 6.07) is 0. The Morgan fingerprint density at radius 2 is 2.13 bits per heavy atom. The highest BCUT2D eigenvalue weighted by molar-refractivity contribution is 5.59. The third kappa shape index (κ3) is 1.80. The standard InChI is InChI=1S/C14H22N/c1-3-5-9-14(8-4-2)10-12-15-11-6-7-13(14)15/h6-7,11-12H,3-5,8-10H2,1-2H3/q+1. The molecule has 2 aliphatic heterocycles. The van der Waals surface area contributed by atoms with E-state index in [2.05, 4.69) is 43.0 Å². The Bertz CT molecular complexity index is 322. The molecule has 2 rings (SSSR count).